The summed E-state index contributed by atoms with van der Waals surface area (Å²) in [7, 11) is 0. The molecule has 1 aromatic carbocycles. The molecule has 0 saturated carbocycles. The number of aromatic nitrogens is 2. The zero-order chi connectivity index (χ0) is 17.6. The molecular weight excluding hydrogens is 312 g/mol. The van der Waals surface area contributed by atoms with Crippen LogP contribution in [-0.2, 0) is 13.0 Å². The Labute approximate surface area is 151 Å². The van der Waals surface area contributed by atoms with Gasteiger partial charge in [0.25, 0.3) is 0 Å². The van der Waals surface area contributed by atoms with Crippen molar-refractivity contribution in [3.8, 4) is 0 Å². The number of hydrogen-bond donors (Lipinski definition) is 0. The highest BCUT2D eigenvalue weighted by molar-refractivity contribution is 5.14. The summed E-state index contributed by atoms with van der Waals surface area (Å²) >= 11 is 0. The minimum absolute atomic E-state index is 0.185. The van der Waals surface area contributed by atoms with Gasteiger partial charge in [-0.15, -0.1) is 10.2 Å². The van der Waals surface area contributed by atoms with Crippen LogP contribution in [0.1, 0.15) is 50.6 Å². The first-order valence-electron chi connectivity index (χ1n) is 9.44. The molecule has 3 rings (SSSR count). The maximum atomic E-state index is 5.90. The fourth-order valence-electron chi connectivity index (χ4n) is 3.40. The average Bonchev–Trinajstić information content (AvgIpc) is 2.93. The van der Waals surface area contributed by atoms with Gasteiger partial charge in [-0.25, -0.2) is 0 Å². The number of nitrogens with zero attached hydrogens (tertiary/aromatic N) is 4. The highest BCUT2D eigenvalue weighted by Crippen LogP contribution is 2.22. The standard InChI is InChI=1S/C20H30N4O/c1-16(2)14-19-21-22-20(25-19)17(3)24-11-7-10-23(12-13-24)15-18-8-5-4-6-9-18/h4-6,8-9,16-17H,7,10-15H2,1-3H3/t17-/m0/s1. The number of rotatable bonds is 6. The van der Waals surface area contributed by atoms with Gasteiger partial charge >= 0.3 is 0 Å². The number of hydrogen-bond acceptors (Lipinski definition) is 5. The van der Waals surface area contributed by atoms with E-state index in [9.17, 15) is 0 Å². The minimum Gasteiger partial charge on any atom is -0.424 e. The van der Waals surface area contributed by atoms with Crippen LogP contribution in [0.15, 0.2) is 34.7 Å². The SMILES string of the molecule is CC(C)Cc1nnc([C@H](C)N2CCCN(Cc3ccccc3)CC2)o1. The molecule has 2 aromatic rings. The fraction of sp³-hybridized carbons (Fsp3) is 0.600. The minimum atomic E-state index is 0.185. The molecule has 136 valence electrons. The molecule has 1 fully saturated rings. The van der Waals surface area contributed by atoms with Crippen LogP contribution in [0, 0.1) is 5.92 Å². The van der Waals surface area contributed by atoms with E-state index in [4.69, 9.17) is 4.42 Å². The molecule has 5 heteroatoms. The van der Waals surface area contributed by atoms with E-state index in [1.165, 1.54) is 12.0 Å². The lowest BCUT2D eigenvalue weighted by molar-refractivity contribution is 0.182. The summed E-state index contributed by atoms with van der Waals surface area (Å²) in [6, 6.07) is 10.9. The summed E-state index contributed by atoms with van der Waals surface area (Å²) in [6.45, 7) is 11.9. The lowest BCUT2D eigenvalue weighted by Crippen LogP contribution is -2.32. The lowest BCUT2D eigenvalue weighted by atomic mass is 10.1. The lowest BCUT2D eigenvalue weighted by Gasteiger charge is -2.25. The van der Waals surface area contributed by atoms with Crippen LogP contribution in [0.3, 0.4) is 0 Å². The molecule has 0 amide bonds. The Morgan fingerprint density at radius 1 is 1.00 bits per heavy atom. The van der Waals surface area contributed by atoms with Crippen molar-refractivity contribution < 1.29 is 4.42 Å². The van der Waals surface area contributed by atoms with Crippen LogP contribution in [0.5, 0.6) is 0 Å². The summed E-state index contributed by atoms with van der Waals surface area (Å²) in [4.78, 5) is 5.01. The summed E-state index contributed by atoms with van der Waals surface area (Å²) in [6.07, 6.45) is 2.02. The Morgan fingerprint density at radius 2 is 1.80 bits per heavy atom. The maximum Gasteiger partial charge on any atom is 0.233 e. The quantitative estimate of drug-likeness (QED) is 0.803. The van der Waals surface area contributed by atoms with Gasteiger partial charge in [0.1, 0.15) is 0 Å². The first-order chi connectivity index (χ1) is 12.1. The van der Waals surface area contributed by atoms with Crippen LogP contribution < -0.4 is 0 Å². The van der Waals surface area contributed by atoms with Gasteiger partial charge < -0.3 is 4.42 Å². The maximum absolute atomic E-state index is 5.90. The molecule has 1 aromatic heterocycles. The summed E-state index contributed by atoms with van der Waals surface area (Å²) in [5, 5.41) is 8.50. The van der Waals surface area contributed by atoms with Gasteiger partial charge in [-0.3, -0.25) is 9.80 Å². The topological polar surface area (TPSA) is 45.4 Å². The van der Waals surface area contributed by atoms with Crippen molar-refractivity contribution in [2.45, 2.75) is 46.2 Å². The van der Waals surface area contributed by atoms with E-state index < -0.39 is 0 Å². The molecular formula is C20H30N4O. The molecule has 1 atom stereocenters. The molecule has 1 saturated heterocycles. The zero-order valence-electron chi connectivity index (χ0n) is 15.7. The Bertz CT molecular complexity index is 640. The van der Waals surface area contributed by atoms with Gasteiger partial charge in [0, 0.05) is 32.6 Å². The van der Waals surface area contributed by atoms with Gasteiger partial charge in [-0.05, 0) is 31.4 Å². The molecule has 25 heavy (non-hydrogen) atoms. The van der Waals surface area contributed by atoms with Crippen LogP contribution in [0.2, 0.25) is 0 Å². The van der Waals surface area contributed by atoms with E-state index in [1.807, 2.05) is 0 Å². The second-order valence-electron chi connectivity index (χ2n) is 7.46. The van der Waals surface area contributed by atoms with Crippen molar-refractivity contribution in [3.05, 3.63) is 47.7 Å². The average molecular weight is 342 g/mol. The third kappa shape index (κ3) is 5.13. The summed E-state index contributed by atoms with van der Waals surface area (Å²) in [5.41, 5.74) is 1.39. The predicted molar refractivity (Wildman–Crippen MR) is 99.2 cm³/mol. The third-order valence-electron chi connectivity index (χ3n) is 4.84. The fourth-order valence-corrected chi connectivity index (χ4v) is 3.40. The van der Waals surface area contributed by atoms with Crippen molar-refractivity contribution in [2.24, 2.45) is 5.92 Å². The zero-order valence-corrected chi connectivity index (χ0v) is 15.7. The largest absolute Gasteiger partial charge is 0.424 e. The Morgan fingerprint density at radius 3 is 2.56 bits per heavy atom. The van der Waals surface area contributed by atoms with Crippen molar-refractivity contribution in [2.75, 3.05) is 26.2 Å². The number of benzene rings is 1. The Kier molecular flexibility index (Phi) is 6.21. The Hall–Kier alpha value is -1.72. The van der Waals surface area contributed by atoms with E-state index >= 15 is 0 Å². The molecule has 1 aliphatic heterocycles. The molecule has 0 spiro atoms. The monoisotopic (exact) mass is 342 g/mol. The van der Waals surface area contributed by atoms with E-state index in [-0.39, 0.29) is 6.04 Å². The third-order valence-corrected chi connectivity index (χ3v) is 4.84. The predicted octanol–water partition coefficient (Wildman–Crippen LogP) is 3.54. The van der Waals surface area contributed by atoms with Crippen molar-refractivity contribution in [3.63, 3.8) is 0 Å². The molecule has 0 unspecified atom stereocenters. The molecule has 0 bridgehead atoms. The van der Waals surface area contributed by atoms with E-state index in [0.29, 0.717) is 5.92 Å². The van der Waals surface area contributed by atoms with E-state index in [1.54, 1.807) is 0 Å². The second kappa shape index (κ2) is 8.59. The highest BCUT2D eigenvalue weighted by atomic mass is 16.4. The van der Waals surface area contributed by atoms with Gasteiger partial charge in [-0.1, -0.05) is 44.2 Å². The molecule has 0 aliphatic carbocycles. The van der Waals surface area contributed by atoms with E-state index in [0.717, 1.165) is 50.9 Å². The van der Waals surface area contributed by atoms with Gasteiger partial charge in [0.15, 0.2) is 0 Å². The van der Waals surface area contributed by atoms with Gasteiger partial charge in [-0.2, -0.15) is 0 Å². The summed E-state index contributed by atoms with van der Waals surface area (Å²) < 4.78 is 5.90. The molecule has 0 N–H and O–H groups in total. The van der Waals surface area contributed by atoms with Crippen molar-refractivity contribution >= 4 is 0 Å². The summed E-state index contributed by atoms with van der Waals surface area (Å²) in [5.74, 6) is 2.05. The second-order valence-corrected chi connectivity index (χ2v) is 7.46. The van der Waals surface area contributed by atoms with Crippen molar-refractivity contribution in [1.82, 2.24) is 20.0 Å². The molecule has 5 nitrogen and oxygen atoms in total. The van der Waals surface area contributed by atoms with Crippen LogP contribution in [0.25, 0.3) is 0 Å². The van der Waals surface area contributed by atoms with Crippen LogP contribution in [0.4, 0.5) is 0 Å². The molecule has 0 radical (unpaired) electrons. The first-order valence-corrected chi connectivity index (χ1v) is 9.44. The van der Waals surface area contributed by atoms with Crippen molar-refractivity contribution in [1.29, 1.82) is 0 Å². The molecule has 1 aliphatic rings. The normalized spacial score (nSPS) is 18.4. The smallest absolute Gasteiger partial charge is 0.233 e. The van der Waals surface area contributed by atoms with E-state index in [2.05, 4.69) is 71.1 Å². The van der Waals surface area contributed by atoms with Gasteiger partial charge in [0.05, 0.1) is 6.04 Å². The van der Waals surface area contributed by atoms with Crippen LogP contribution in [-0.4, -0.2) is 46.2 Å². The van der Waals surface area contributed by atoms with Gasteiger partial charge in [0.2, 0.25) is 11.8 Å². The van der Waals surface area contributed by atoms with Crippen LogP contribution >= 0.6 is 0 Å². The Balaban J connectivity index is 1.56. The highest BCUT2D eigenvalue weighted by Gasteiger charge is 2.24. The first kappa shape index (κ1) is 18.1. The molecule has 2 heterocycles.